The SMILES string of the molecule is O=C(CN1CN(c2ccccc2)C2(CCN(C(=O)c3cccc([N+](=O)[O-])c3)CC2)C1=O)NCc1cccc(C(F)(F)F)c1. The molecule has 2 saturated heterocycles. The summed E-state index contributed by atoms with van der Waals surface area (Å²) in [5.41, 5.74) is -0.809. The first-order chi connectivity index (χ1) is 20.5. The van der Waals surface area contributed by atoms with Crippen molar-refractivity contribution in [2.45, 2.75) is 31.1 Å². The lowest BCUT2D eigenvalue weighted by atomic mass is 9.85. The maximum Gasteiger partial charge on any atom is 0.416 e. The average Bonchev–Trinajstić information content (AvgIpc) is 3.26. The molecule has 0 saturated carbocycles. The van der Waals surface area contributed by atoms with E-state index in [2.05, 4.69) is 5.32 Å². The number of halogens is 3. The van der Waals surface area contributed by atoms with Gasteiger partial charge in [0.05, 0.1) is 17.2 Å². The summed E-state index contributed by atoms with van der Waals surface area (Å²) in [7, 11) is 0. The summed E-state index contributed by atoms with van der Waals surface area (Å²) in [6, 6.07) is 19.4. The van der Waals surface area contributed by atoms with E-state index in [9.17, 15) is 37.7 Å². The van der Waals surface area contributed by atoms with Crippen molar-refractivity contribution in [3.05, 3.63) is 106 Å². The minimum atomic E-state index is -4.50. The second-order valence-corrected chi connectivity index (χ2v) is 10.5. The Morgan fingerprint density at radius 1 is 0.953 bits per heavy atom. The Morgan fingerprint density at radius 3 is 2.33 bits per heavy atom. The molecular formula is C30H28F3N5O5. The summed E-state index contributed by atoms with van der Waals surface area (Å²) in [4.78, 5) is 55.4. The molecule has 3 aromatic carbocycles. The van der Waals surface area contributed by atoms with E-state index in [1.807, 2.05) is 35.2 Å². The van der Waals surface area contributed by atoms with Crippen LogP contribution in [-0.2, 0) is 22.3 Å². The third-order valence-corrected chi connectivity index (χ3v) is 7.84. The van der Waals surface area contributed by atoms with E-state index in [0.717, 1.165) is 17.8 Å². The molecule has 10 nitrogen and oxygen atoms in total. The van der Waals surface area contributed by atoms with Crippen molar-refractivity contribution in [3.63, 3.8) is 0 Å². The number of hydrogen-bond donors (Lipinski definition) is 1. The van der Waals surface area contributed by atoms with Crippen LogP contribution in [0.25, 0.3) is 0 Å². The first kappa shape index (κ1) is 29.5. The third kappa shape index (κ3) is 6.15. The molecule has 2 aliphatic rings. The van der Waals surface area contributed by atoms with Gasteiger partial charge in [0.15, 0.2) is 0 Å². The van der Waals surface area contributed by atoms with Gasteiger partial charge in [-0.2, -0.15) is 13.2 Å². The van der Waals surface area contributed by atoms with Crippen molar-refractivity contribution in [1.82, 2.24) is 15.1 Å². The average molecular weight is 596 g/mol. The van der Waals surface area contributed by atoms with Gasteiger partial charge < -0.3 is 20.0 Å². The van der Waals surface area contributed by atoms with Gasteiger partial charge in [-0.25, -0.2) is 0 Å². The molecule has 0 atom stereocenters. The van der Waals surface area contributed by atoms with Crippen LogP contribution in [0, 0.1) is 10.1 Å². The summed E-state index contributed by atoms with van der Waals surface area (Å²) >= 11 is 0. The fourth-order valence-electron chi connectivity index (χ4n) is 5.62. The monoisotopic (exact) mass is 595 g/mol. The number of benzene rings is 3. The number of hydrogen-bond acceptors (Lipinski definition) is 6. The summed E-state index contributed by atoms with van der Waals surface area (Å²) in [6.45, 7) is 0.114. The Morgan fingerprint density at radius 2 is 1.65 bits per heavy atom. The van der Waals surface area contributed by atoms with Crippen molar-refractivity contribution in [1.29, 1.82) is 0 Å². The van der Waals surface area contributed by atoms with Crippen molar-refractivity contribution in [2.24, 2.45) is 0 Å². The molecule has 0 bridgehead atoms. The van der Waals surface area contributed by atoms with Gasteiger partial charge in [0.2, 0.25) is 5.91 Å². The van der Waals surface area contributed by atoms with Crippen LogP contribution in [-0.4, -0.2) is 64.3 Å². The van der Waals surface area contributed by atoms with Crippen LogP contribution in [0.2, 0.25) is 0 Å². The Kier molecular flexibility index (Phi) is 8.07. The summed E-state index contributed by atoms with van der Waals surface area (Å²) in [5, 5.41) is 13.8. The highest BCUT2D eigenvalue weighted by atomic mass is 19.4. The Bertz CT molecular complexity index is 1540. The molecule has 3 amide bonds. The van der Waals surface area contributed by atoms with Crippen molar-refractivity contribution >= 4 is 29.1 Å². The van der Waals surface area contributed by atoms with Crippen molar-refractivity contribution in [3.8, 4) is 0 Å². The maximum absolute atomic E-state index is 13.9. The number of anilines is 1. The number of carbonyl (C=O) groups excluding carboxylic acids is 3. The Labute approximate surface area is 244 Å². The standard InChI is InChI=1S/C30H28F3N5O5/c31-30(32,33)23-8-4-6-21(16-23)18-34-26(39)19-36-20-37(24-9-2-1-3-10-24)29(28(36)41)12-14-35(15-13-29)27(40)22-7-5-11-25(17-22)38(42)43/h1-11,16-17H,12-15,18-20H2,(H,34,39). The van der Waals surface area contributed by atoms with Gasteiger partial charge in [-0.05, 0) is 48.7 Å². The summed E-state index contributed by atoms with van der Waals surface area (Å²) in [6.07, 6.45) is -3.97. The van der Waals surface area contributed by atoms with Gasteiger partial charge in [-0.15, -0.1) is 0 Å². The number of piperidine rings is 1. The molecule has 1 N–H and O–H groups in total. The molecule has 1 spiro atoms. The molecule has 13 heteroatoms. The highest BCUT2D eigenvalue weighted by Gasteiger charge is 2.54. The van der Waals surface area contributed by atoms with Gasteiger partial charge in [0.25, 0.3) is 17.5 Å². The number of rotatable bonds is 7. The lowest BCUT2D eigenvalue weighted by Crippen LogP contribution is -2.57. The maximum atomic E-state index is 13.9. The predicted molar refractivity (Wildman–Crippen MR) is 150 cm³/mol. The smallest absolute Gasteiger partial charge is 0.350 e. The van der Waals surface area contributed by atoms with Crippen molar-refractivity contribution < 1.29 is 32.5 Å². The number of amides is 3. The van der Waals surface area contributed by atoms with Crippen LogP contribution in [0.15, 0.2) is 78.9 Å². The van der Waals surface area contributed by atoms with E-state index in [1.54, 1.807) is 4.90 Å². The summed E-state index contributed by atoms with van der Waals surface area (Å²) < 4.78 is 39.1. The molecule has 224 valence electrons. The fourth-order valence-corrected chi connectivity index (χ4v) is 5.62. The number of alkyl halides is 3. The summed E-state index contributed by atoms with van der Waals surface area (Å²) in [5.74, 6) is -1.18. The number of nitrogens with one attached hydrogen (secondary N) is 1. The number of carbonyl (C=O) groups is 3. The van der Waals surface area contributed by atoms with Crippen LogP contribution in [0.4, 0.5) is 24.5 Å². The van der Waals surface area contributed by atoms with E-state index in [4.69, 9.17) is 0 Å². The van der Waals surface area contributed by atoms with Gasteiger partial charge in [0, 0.05) is 43.0 Å². The topological polar surface area (TPSA) is 116 Å². The lowest BCUT2D eigenvalue weighted by Gasteiger charge is -2.43. The molecule has 3 aromatic rings. The number of nitro benzene ring substituents is 1. The normalized spacial score (nSPS) is 16.4. The number of nitro groups is 1. The van der Waals surface area contributed by atoms with E-state index >= 15 is 0 Å². The molecule has 0 aromatic heterocycles. The van der Waals surface area contributed by atoms with Gasteiger partial charge in [-0.1, -0.05) is 36.4 Å². The van der Waals surface area contributed by atoms with Crippen LogP contribution >= 0.6 is 0 Å². The minimum absolute atomic E-state index is 0.110. The fraction of sp³-hybridized carbons (Fsp3) is 0.300. The first-order valence-electron chi connectivity index (χ1n) is 13.6. The van der Waals surface area contributed by atoms with Crippen LogP contribution in [0.5, 0.6) is 0 Å². The second kappa shape index (κ2) is 11.7. The second-order valence-electron chi connectivity index (χ2n) is 10.5. The number of nitrogens with zero attached hydrogens (tertiary/aromatic N) is 4. The molecule has 2 aliphatic heterocycles. The number of para-hydroxylation sites is 1. The Hall–Kier alpha value is -4.94. The third-order valence-electron chi connectivity index (χ3n) is 7.84. The molecular weight excluding hydrogens is 567 g/mol. The van der Waals surface area contributed by atoms with Crippen LogP contribution < -0.4 is 10.2 Å². The minimum Gasteiger partial charge on any atom is -0.350 e. The Balaban J connectivity index is 1.29. The molecule has 0 unspecified atom stereocenters. The zero-order chi connectivity index (χ0) is 30.8. The van der Waals surface area contributed by atoms with Gasteiger partial charge in [0.1, 0.15) is 12.1 Å². The van der Waals surface area contributed by atoms with Gasteiger partial charge >= 0.3 is 6.18 Å². The zero-order valence-electron chi connectivity index (χ0n) is 22.9. The van der Waals surface area contributed by atoms with Crippen LogP contribution in [0.1, 0.15) is 34.3 Å². The molecule has 0 radical (unpaired) electrons. The van der Waals surface area contributed by atoms with E-state index < -0.39 is 28.1 Å². The predicted octanol–water partition coefficient (Wildman–Crippen LogP) is 4.21. The van der Waals surface area contributed by atoms with Crippen molar-refractivity contribution in [2.75, 3.05) is 31.2 Å². The highest BCUT2D eigenvalue weighted by molar-refractivity contribution is 5.98. The zero-order valence-corrected chi connectivity index (χ0v) is 22.9. The largest absolute Gasteiger partial charge is 0.416 e. The number of likely N-dealkylation sites (tertiary alicyclic amines) is 1. The molecule has 0 aliphatic carbocycles. The lowest BCUT2D eigenvalue weighted by molar-refractivity contribution is -0.384. The number of non-ortho nitro benzene ring substituents is 1. The molecule has 5 rings (SSSR count). The van der Waals surface area contributed by atoms with E-state index in [0.29, 0.717) is 0 Å². The van der Waals surface area contributed by atoms with Crippen LogP contribution in [0.3, 0.4) is 0 Å². The molecule has 2 heterocycles. The first-order valence-corrected chi connectivity index (χ1v) is 13.6. The molecule has 43 heavy (non-hydrogen) atoms. The van der Waals surface area contributed by atoms with E-state index in [1.165, 1.54) is 41.3 Å². The quantitative estimate of drug-likeness (QED) is 0.323. The van der Waals surface area contributed by atoms with Gasteiger partial charge in [-0.3, -0.25) is 24.5 Å². The highest BCUT2D eigenvalue weighted by Crippen LogP contribution is 2.39. The van der Waals surface area contributed by atoms with E-state index in [-0.39, 0.29) is 74.3 Å². The molecule has 2 fully saturated rings.